The SMILES string of the molecule is NCc1nc(OC(F)(F)F)cc(N)c1O. The predicted octanol–water partition coefficient (Wildman–Crippen LogP) is 0.727. The molecule has 0 saturated heterocycles. The van der Waals surface area contributed by atoms with Gasteiger partial charge in [-0.1, -0.05) is 0 Å². The highest BCUT2D eigenvalue weighted by molar-refractivity contribution is 5.55. The first-order chi connectivity index (χ1) is 6.83. The molecule has 0 aromatic carbocycles. The lowest BCUT2D eigenvalue weighted by atomic mass is 10.3. The Morgan fingerprint density at radius 3 is 2.53 bits per heavy atom. The molecule has 0 aliphatic carbocycles. The minimum atomic E-state index is -4.86. The Bertz CT molecular complexity index is 367. The van der Waals surface area contributed by atoms with Gasteiger partial charge in [-0.2, -0.15) is 0 Å². The van der Waals surface area contributed by atoms with Crippen LogP contribution in [0.25, 0.3) is 0 Å². The molecular formula is C7H8F3N3O2. The fraction of sp³-hybridized carbons (Fsp3) is 0.286. The molecule has 15 heavy (non-hydrogen) atoms. The molecule has 0 bridgehead atoms. The van der Waals surface area contributed by atoms with Gasteiger partial charge in [0, 0.05) is 12.6 Å². The van der Waals surface area contributed by atoms with E-state index in [0.29, 0.717) is 0 Å². The fourth-order valence-corrected chi connectivity index (χ4v) is 0.899. The number of pyridine rings is 1. The zero-order valence-electron chi connectivity index (χ0n) is 7.38. The number of nitrogens with two attached hydrogens (primary N) is 2. The average molecular weight is 223 g/mol. The minimum absolute atomic E-state index is 0.158. The first-order valence-electron chi connectivity index (χ1n) is 3.77. The molecule has 5 N–H and O–H groups in total. The summed E-state index contributed by atoms with van der Waals surface area (Å²) in [4.78, 5) is 3.34. The van der Waals surface area contributed by atoms with Crippen LogP contribution in [-0.4, -0.2) is 16.5 Å². The van der Waals surface area contributed by atoms with Crippen molar-refractivity contribution in [2.45, 2.75) is 12.9 Å². The lowest BCUT2D eigenvalue weighted by molar-refractivity contribution is -0.276. The van der Waals surface area contributed by atoms with Crippen molar-refractivity contribution in [1.82, 2.24) is 4.98 Å². The zero-order chi connectivity index (χ0) is 11.6. The first-order valence-corrected chi connectivity index (χ1v) is 3.77. The summed E-state index contributed by atoms with van der Waals surface area (Å²) in [5, 5.41) is 9.22. The molecule has 84 valence electrons. The van der Waals surface area contributed by atoms with Crippen molar-refractivity contribution < 1.29 is 23.0 Å². The fourth-order valence-electron chi connectivity index (χ4n) is 0.899. The quantitative estimate of drug-likeness (QED) is 0.686. The van der Waals surface area contributed by atoms with Gasteiger partial charge >= 0.3 is 6.36 Å². The van der Waals surface area contributed by atoms with Gasteiger partial charge in [0.1, 0.15) is 5.69 Å². The summed E-state index contributed by atoms with van der Waals surface area (Å²) in [6, 6.07) is 0.766. The number of halogens is 3. The lowest BCUT2D eigenvalue weighted by Gasteiger charge is -2.10. The highest BCUT2D eigenvalue weighted by atomic mass is 19.4. The van der Waals surface area contributed by atoms with Gasteiger partial charge in [-0.15, -0.1) is 13.2 Å². The average Bonchev–Trinajstić information content (AvgIpc) is 2.08. The maximum Gasteiger partial charge on any atom is 0.574 e. The largest absolute Gasteiger partial charge is 0.574 e. The van der Waals surface area contributed by atoms with E-state index < -0.39 is 18.0 Å². The van der Waals surface area contributed by atoms with E-state index in [1.807, 2.05) is 0 Å². The van der Waals surface area contributed by atoms with Crippen molar-refractivity contribution in [2.75, 3.05) is 5.73 Å². The van der Waals surface area contributed by atoms with Gasteiger partial charge in [-0.3, -0.25) is 0 Å². The third-order valence-electron chi connectivity index (χ3n) is 1.48. The molecule has 0 aliphatic heterocycles. The van der Waals surface area contributed by atoms with Gasteiger partial charge in [0.15, 0.2) is 5.75 Å². The normalized spacial score (nSPS) is 11.5. The van der Waals surface area contributed by atoms with Gasteiger partial charge in [-0.25, -0.2) is 4.98 Å². The smallest absolute Gasteiger partial charge is 0.504 e. The van der Waals surface area contributed by atoms with E-state index in [4.69, 9.17) is 11.5 Å². The number of hydrogen-bond acceptors (Lipinski definition) is 5. The lowest BCUT2D eigenvalue weighted by Crippen LogP contribution is -2.18. The van der Waals surface area contributed by atoms with Crippen LogP contribution in [0.4, 0.5) is 18.9 Å². The summed E-state index contributed by atoms with van der Waals surface area (Å²) < 4.78 is 39.0. The molecule has 0 aliphatic rings. The van der Waals surface area contributed by atoms with Crippen molar-refractivity contribution >= 4 is 5.69 Å². The second kappa shape index (κ2) is 3.81. The Morgan fingerprint density at radius 2 is 2.07 bits per heavy atom. The van der Waals surface area contributed by atoms with Gasteiger partial charge in [0.05, 0.1) is 5.69 Å². The number of alkyl halides is 3. The minimum Gasteiger partial charge on any atom is -0.504 e. The molecule has 0 atom stereocenters. The topological polar surface area (TPSA) is 94.4 Å². The van der Waals surface area contributed by atoms with Crippen molar-refractivity contribution in [3.05, 3.63) is 11.8 Å². The summed E-state index contributed by atoms with van der Waals surface area (Å²) >= 11 is 0. The number of anilines is 1. The number of nitrogen functional groups attached to an aromatic ring is 1. The van der Waals surface area contributed by atoms with E-state index in [2.05, 4.69) is 9.72 Å². The number of aromatic nitrogens is 1. The van der Waals surface area contributed by atoms with Crippen LogP contribution in [0.2, 0.25) is 0 Å². The van der Waals surface area contributed by atoms with Crippen LogP contribution < -0.4 is 16.2 Å². The maximum atomic E-state index is 11.8. The third kappa shape index (κ3) is 2.88. The molecule has 0 spiro atoms. The zero-order valence-corrected chi connectivity index (χ0v) is 7.38. The maximum absolute atomic E-state index is 11.8. The molecule has 1 aromatic rings. The summed E-state index contributed by atoms with van der Waals surface area (Å²) in [6.45, 7) is -0.245. The molecule has 5 nitrogen and oxygen atoms in total. The van der Waals surface area contributed by atoms with Gasteiger partial charge in [0.25, 0.3) is 0 Å². The summed E-state index contributed by atoms with van der Waals surface area (Å²) in [5.74, 6) is -1.19. The first kappa shape index (κ1) is 11.4. The van der Waals surface area contributed by atoms with Crippen molar-refractivity contribution in [2.24, 2.45) is 5.73 Å². The van der Waals surface area contributed by atoms with E-state index in [0.717, 1.165) is 6.07 Å². The number of rotatable bonds is 2. The van der Waals surface area contributed by atoms with Crippen LogP contribution >= 0.6 is 0 Å². The number of nitrogens with zero attached hydrogens (tertiary/aromatic N) is 1. The van der Waals surface area contributed by atoms with E-state index in [-0.39, 0.29) is 17.9 Å². The van der Waals surface area contributed by atoms with Crippen LogP contribution in [0, 0.1) is 0 Å². The van der Waals surface area contributed by atoms with E-state index in [1.165, 1.54) is 0 Å². The molecule has 8 heteroatoms. The number of ether oxygens (including phenoxy) is 1. The molecule has 1 rings (SSSR count). The van der Waals surface area contributed by atoms with Crippen LogP contribution in [0.15, 0.2) is 6.07 Å². The molecule has 0 amide bonds. The molecular weight excluding hydrogens is 215 g/mol. The molecule has 0 saturated carbocycles. The van der Waals surface area contributed by atoms with Crippen LogP contribution in [0.1, 0.15) is 5.69 Å². The van der Waals surface area contributed by atoms with Crippen LogP contribution in [0.3, 0.4) is 0 Å². The van der Waals surface area contributed by atoms with Gasteiger partial charge in [0.2, 0.25) is 5.88 Å². The summed E-state index contributed by atoms with van der Waals surface area (Å²) in [5.41, 5.74) is 9.93. The Hall–Kier alpha value is -1.70. The Kier molecular flexibility index (Phi) is 2.89. The van der Waals surface area contributed by atoms with Crippen molar-refractivity contribution in [3.63, 3.8) is 0 Å². The van der Waals surface area contributed by atoms with Crippen LogP contribution in [0.5, 0.6) is 11.6 Å². The third-order valence-corrected chi connectivity index (χ3v) is 1.48. The monoisotopic (exact) mass is 223 g/mol. The van der Waals surface area contributed by atoms with E-state index >= 15 is 0 Å². The number of hydrogen-bond donors (Lipinski definition) is 3. The van der Waals surface area contributed by atoms with E-state index in [9.17, 15) is 18.3 Å². The summed E-state index contributed by atoms with van der Waals surface area (Å²) in [7, 11) is 0. The van der Waals surface area contributed by atoms with Crippen LogP contribution in [-0.2, 0) is 6.54 Å². The van der Waals surface area contributed by atoms with Gasteiger partial charge in [-0.05, 0) is 0 Å². The molecule has 0 unspecified atom stereocenters. The second-order valence-electron chi connectivity index (χ2n) is 2.60. The summed E-state index contributed by atoms with van der Waals surface area (Å²) in [6.07, 6.45) is -4.86. The van der Waals surface area contributed by atoms with E-state index in [1.54, 1.807) is 0 Å². The molecule has 0 radical (unpaired) electrons. The number of aromatic hydroxyl groups is 1. The highest BCUT2D eigenvalue weighted by Crippen LogP contribution is 2.29. The Morgan fingerprint density at radius 1 is 1.47 bits per heavy atom. The molecule has 0 fully saturated rings. The Balaban J connectivity index is 3.06. The molecule has 1 aromatic heterocycles. The second-order valence-corrected chi connectivity index (χ2v) is 2.60. The highest BCUT2D eigenvalue weighted by Gasteiger charge is 2.32. The molecule has 1 heterocycles. The Labute approximate surface area is 82.5 Å². The van der Waals surface area contributed by atoms with Crippen molar-refractivity contribution in [1.29, 1.82) is 0 Å². The predicted molar refractivity (Wildman–Crippen MR) is 44.9 cm³/mol. The standard InChI is InChI=1S/C7H8F3N3O2/c8-7(9,10)15-5-1-3(12)6(14)4(2-11)13-5/h1,14H,2,11H2,(H2,12,13). The van der Waals surface area contributed by atoms with Gasteiger partial charge < -0.3 is 21.3 Å². The van der Waals surface area contributed by atoms with Crippen molar-refractivity contribution in [3.8, 4) is 11.6 Å².